The van der Waals surface area contributed by atoms with Gasteiger partial charge in [-0.3, -0.25) is 4.79 Å². The van der Waals surface area contributed by atoms with Crippen LogP contribution in [0.2, 0.25) is 0 Å². The molecule has 0 bridgehead atoms. The molecule has 0 radical (unpaired) electrons. The van der Waals surface area contributed by atoms with Crippen LogP contribution in [0.1, 0.15) is 16.1 Å². The van der Waals surface area contributed by atoms with E-state index in [0.717, 1.165) is 13.5 Å². The van der Waals surface area contributed by atoms with Crippen molar-refractivity contribution in [2.45, 2.75) is 0 Å². The summed E-state index contributed by atoms with van der Waals surface area (Å²) < 4.78 is 2.50. The highest BCUT2D eigenvalue weighted by Crippen LogP contribution is 2.25. The summed E-state index contributed by atoms with van der Waals surface area (Å²) in [6.45, 7) is 0. The molecule has 0 amide bonds. The number of nitrogens with one attached hydrogen (secondary N) is 1. The number of rotatable bonds is 2. The van der Waals surface area contributed by atoms with Crippen LogP contribution in [0.15, 0.2) is 43.9 Å². The molecule has 1 N–H and O–H groups in total. The fourth-order valence-electron chi connectivity index (χ4n) is 1.31. The van der Waals surface area contributed by atoms with Gasteiger partial charge >= 0.3 is 0 Å². The number of aromatic nitrogens is 1. The van der Waals surface area contributed by atoms with Crippen LogP contribution in [-0.2, 0) is 0 Å². The van der Waals surface area contributed by atoms with Crippen molar-refractivity contribution in [1.82, 2.24) is 4.98 Å². The van der Waals surface area contributed by atoms with Crippen molar-refractivity contribution >= 4 is 53.6 Å². The summed E-state index contributed by atoms with van der Waals surface area (Å²) in [5, 5.41) is 0. The maximum absolute atomic E-state index is 12.1. The van der Waals surface area contributed by atoms with Crippen molar-refractivity contribution in [3.8, 4) is 0 Å². The smallest absolute Gasteiger partial charge is 0.209 e. The molecule has 0 atom stereocenters. The van der Waals surface area contributed by atoms with E-state index in [9.17, 15) is 4.79 Å². The second-order valence-electron chi connectivity index (χ2n) is 3.18. The molecule has 16 heavy (non-hydrogen) atoms. The third kappa shape index (κ3) is 2.47. The molecule has 0 fully saturated rings. The number of halogens is 3. The number of H-pyrrole nitrogens is 1. The van der Waals surface area contributed by atoms with Gasteiger partial charge in [0.05, 0.1) is 14.8 Å². The van der Waals surface area contributed by atoms with Gasteiger partial charge in [0.25, 0.3) is 0 Å². The van der Waals surface area contributed by atoms with Crippen molar-refractivity contribution in [2.24, 2.45) is 0 Å². The molecule has 82 valence electrons. The van der Waals surface area contributed by atoms with E-state index in [4.69, 9.17) is 0 Å². The summed E-state index contributed by atoms with van der Waals surface area (Å²) in [4.78, 5) is 15.0. The largest absolute Gasteiger partial charge is 0.346 e. The number of carbonyl (C=O) groups is 1. The number of ketones is 1. The Balaban J connectivity index is 2.39. The zero-order valence-corrected chi connectivity index (χ0v) is 12.7. The molecule has 1 aromatic carbocycles. The van der Waals surface area contributed by atoms with Crippen LogP contribution in [0, 0.1) is 0 Å². The van der Waals surface area contributed by atoms with Gasteiger partial charge in [0.2, 0.25) is 5.78 Å². The zero-order valence-electron chi connectivity index (χ0n) is 7.93. The maximum atomic E-state index is 12.1. The molecule has 0 aliphatic carbocycles. The quantitative estimate of drug-likeness (QED) is 0.729. The summed E-state index contributed by atoms with van der Waals surface area (Å²) in [6.07, 6.45) is 0. The minimum Gasteiger partial charge on any atom is -0.346 e. The maximum Gasteiger partial charge on any atom is 0.209 e. The van der Waals surface area contributed by atoms with Gasteiger partial charge in [-0.2, -0.15) is 0 Å². The van der Waals surface area contributed by atoms with Gasteiger partial charge in [0, 0.05) is 10.0 Å². The van der Waals surface area contributed by atoms with E-state index in [1.165, 1.54) is 0 Å². The molecule has 2 nitrogen and oxygen atoms in total. The van der Waals surface area contributed by atoms with Gasteiger partial charge < -0.3 is 4.98 Å². The van der Waals surface area contributed by atoms with Crippen molar-refractivity contribution < 1.29 is 4.79 Å². The van der Waals surface area contributed by atoms with Crippen molar-refractivity contribution in [3.63, 3.8) is 0 Å². The Hall–Kier alpha value is -0.390. The number of aromatic amines is 1. The lowest BCUT2D eigenvalue weighted by Gasteiger charge is -1.98. The van der Waals surface area contributed by atoms with E-state index in [0.29, 0.717) is 11.3 Å². The van der Waals surface area contributed by atoms with Gasteiger partial charge in [-0.1, -0.05) is 28.1 Å². The molecule has 0 saturated heterocycles. The number of carbonyl (C=O) groups excluding carboxylic acids is 1. The highest BCUT2D eigenvalue weighted by molar-refractivity contribution is 9.13. The molecule has 5 heteroatoms. The average molecular weight is 408 g/mol. The van der Waals surface area contributed by atoms with E-state index < -0.39 is 0 Å². The third-order valence-electron chi connectivity index (χ3n) is 2.06. The van der Waals surface area contributed by atoms with Gasteiger partial charge in [-0.25, -0.2) is 0 Å². The molecule has 0 saturated carbocycles. The lowest BCUT2D eigenvalue weighted by atomic mass is 10.1. The Morgan fingerprint density at radius 3 is 2.44 bits per heavy atom. The normalized spacial score (nSPS) is 10.4. The molecule has 0 unspecified atom stereocenters. The van der Waals surface area contributed by atoms with Gasteiger partial charge in [0.15, 0.2) is 0 Å². The first-order valence-corrected chi connectivity index (χ1v) is 6.80. The predicted octanol–water partition coefficient (Wildman–Crippen LogP) is 4.53. The molecular weight excluding hydrogens is 402 g/mol. The molecule has 1 heterocycles. The summed E-state index contributed by atoms with van der Waals surface area (Å²) >= 11 is 9.98. The van der Waals surface area contributed by atoms with Crippen LogP contribution in [0.3, 0.4) is 0 Å². The molecular formula is C11H6Br3NO. The number of benzene rings is 1. The fraction of sp³-hybridized carbons (Fsp3) is 0. The van der Waals surface area contributed by atoms with Crippen LogP contribution in [0.4, 0.5) is 0 Å². The summed E-state index contributed by atoms with van der Waals surface area (Å²) in [7, 11) is 0. The summed E-state index contributed by atoms with van der Waals surface area (Å²) in [6, 6.07) is 9.07. The van der Waals surface area contributed by atoms with E-state index in [1.807, 2.05) is 12.1 Å². The Bertz CT molecular complexity index is 528. The standard InChI is InChI=1S/C11H6Br3NO/c12-7-3-1-2-6(4-7)10(16)9-5-8(13)11(14)15-9/h1-5,15H. The Labute approximate surface area is 118 Å². The minimum absolute atomic E-state index is 0.0345. The van der Waals surface area contributed by atoms with Crippen LogP contribution >= 0.6 is 47.8 Å². The number of hydrogen-bond acceptors (Lipinski definition) is 1. The van der Waals surface area contributed by atoms with Crippen LogP contribution < -0.4 is 0 Å². The number of hydrogen-bond donors (Lipinski definition) is 1. The first-order valence-electron chi connectivity index (χ1n) is 4.42. The zero-order chi connectivity index (χ0) is 11.7. The molecule has 2 rings (SSSR count). The van der Waals surface area contributed by atoms with Crippen LogP contribution in [-0.4, -0.2) is 10.8 Å². The fourth-order valence-corrected chi connectivity index (χ4v) is 2.37. The summed E-state index contributed by atoms with van der Waals surface area (Å²) in [5.41, 5.74) is 1.20. The van der Waals surface area contributed by atoms with Gasteiger partial charge in [-0.15, -0.1) is 0 Å². The summed E-state index contributed by atoms with van der Waals surface area (Å²) in [5.74, 6) is -0.0345. The third-order valence-corrected chi connectivity index (χ3v) is 4.33. The monoisotopic (exact) mass is 405 g/mol. The van der Waals surface area contributed by atoms with E-state index in [2.05, 4.69) is 52.8 Å². The predicted molar refractivity (Wildman–Crippen MR) is 73.8 cm³/mol. The second kappa shape index (κ2) is 4.85. The molecule has 2 aromatic rings. The van der Waals surface area contributed by atoms with E-state index in [1.54, 1.807) is 18.2 Å². The Kier molecular flexibility index (Phi) is 3.66. The van der Waals surface area contributed by atoms with Gasteiger partial charge in [0.1, 0.15) is 0 Å². The van der Waals surface area contributed by atoms with E-state index >= 15 is 0 Å². The molecule has 0 spiro atoms. The Morgan fingerprint density at radius 1 is 1.12 bits per heavy atom. The topological polar surface area (TPSA) is 32.9 Å². The highest BCUT2D eigenvalue weighted by atomic mass is 79.9. The molecule has 1 aromatic heterocycles. The van der Waals surface area contributed by atoms with Crippen molar-refractivity contribution in [3.05, 3.63) is 55.1 Å². The average Bonchev–Trinajstić information content (AvgIpc) is 2.58. The van der Waals surface area contributed by atoms with Crippen molar-refractivity contribution in [1.29, 1.82) is 0 Å². The van der Waals surface area contributed by atoms with Crippen LogP contribution in [0.25, 0.3) is 0 Å². The minimum atomic E-state index is -0.0345. The molecule has 0 aliphatic rings. The molecule has 0 aliphatic heterocycles. The second-order valence-corrected chi connectivity index (χ2v) is 5.75. The van der Waals surface area contributed by atoms with E-state index in [-0.39, 0.29) is 5.78 Å². The highest BCUT2D eigenvalue weighted by Gasteiger charge is 2.13. The Morgan fingerprint density at radius 2 is 1.88 bits per heavy atom. The lowest BCUT2D eigenvalue weighted by molar-refractivity contribution is 0.103. The van der Waals surface area contributed by atoms with Gasteiger partial charge in [-0.05, 0) is 50.1 Å². The first-order chi connectivity index (χ1) is 7.58. The van der Waals surface area contributed by atoms with Crippen molar-refractivity contribution in [2.75, 3.05) is 0 Å². The van der Waals surface area contributed by atoms with Crippen LogP contribution in [0.5, 0.6) is 0 Å². The first kappa shape index (κ1) is 12.1. The SMILES string of the molecule is O=C(c1cccc(Br)c1)c1cc(Br)c(Br)[nH]1. The lowest BCUT2D eigenvalue weighted by Crippen LogP contribution is -2.01.